The van der Waals surface area contributed by atoms with Gasteiger partial charge < -0.3 is 4.42 Å². The fourth-order valence-electron chi connectivity index (χ4n) is 7.22. The summed E-state index contributed by atoms with van der Waals surface area (Å²) in [5, 5.41) is 9.34. The van der Waals surface area contributed by atoms with Crippen LogP contribution in [0.4, 0.5) is 0 Å². The standard InChI is InChI=1S/C44H26N2O/c1-2-13-32-27(9-1)10-8-18-33(32)30-20-22-42-39(25-30)38-24-29(19-21-41(38)47-42)28-11-7-12-31(23-28)40-26-45-43-36-16-5-3-14-34(36)35-15-4-6-17-37(35)44(43)46-40/h1-26H. The molecule has 0 spiro atoms. The molecule has 10 aromatic rings. The minimum Gasteiger partial charge on any atom is -0.456 e. The first-order valence-corrected chi connectivity index (χ1v) is 15.9. The van der Waals surface area contributed by atoms with Gasteiger partial charge in [-0.3, -0.25) is 4.98 Å². The van der Waals surface area contributed by atoms with Crippen LogP contribution < -0.4 is 0 Å². The maximum absolute atomic E-state index is 6.30. The van der Waals surface area contributed by atoms with E-state index < -0.39 is 0 Å². The molecule has 0 unspecified atom stereocenters. The molecule has 2 aromatic heterocycles. The summed E-state index contributed by atoms with van der Waals surface area (Å²) in [6, 6.07) is 53.6. The normalized spacial score (nSPS) is 11.8. The fraction of sp³-hybridized carbons (Fsp3) is 0. The molecule has 0 aliphatic carbocycles. The van der Waals surface area contributed by atoms with Crippen LogP contribution in [0.5, 0.6) is 0 Å². The highest BCUT2D eigenvalue weighted by molar-refractivity contribution is 6.23. The van der Waals surface area contributed by atoms with Crippen molar-refractivity contribution in [3.63, 3.8) is 0 Å². The zero-order valence-electron chi connectivity index (χ0n) is 25.3. The molecule has 0 saturated carbocycles. The molecule has 3 nitrogen and oxygen atoms in total. The molecule has 0 amide bonds. The average molecular weight is 599 g/mol. The highest BCUT2D eigenvalue weighted by Crippen LogP contribution is 2.38. The Labute approximate surface area is 270 Å². The molecule has 218 valence electrons. The van der Waals surface area contributed by atoms with Gasteiger partial charge in [0.05, 0.1) is 22.9 Å². The molecule has 0 radical (unpaired) electrons. The third-order valence-electron chi connectivity index (χ3n) is 9.49. The Morgan fingerprint density at radius 3 is 1.74 bits per heavy atom. The Morgan fingerprint density at radius 1 is 0.383 bits per heavy atom. The number of hydrogen-bond acceptors (Lipinski definition) is 3. The highest BCUT2D eigenvalue weighted by atomic mass is 16.3. The Hall–Kier alpha value is -6.32. The van der Waals surface area contributed by atoms with Crippen molar-refractivity contribution in [2.24, 2.45) is 0 Å². The first-order chi connectivity index (χ1) is 23.3. The Balaban J connectivity index is 1.10. The van der Waals surface area contributed by atoms with Gasteiger partial charge in [-0.1, -0.05) is 121 Å². The van der Waals surface area contributed by atoms with Crippen LogP contribution >= 0.6 is 0 Å². The van der Waals surface area contributed by atoms with Crippen LogP contribution in [0.3, 0.4) is 0 Å². The van der Waals surface area contributed by atoms with Crippen LogP contribution in [0.25, 0.3) is 98.8 Å². The predicted molar refractivity (Wildman–Crippen MR) is 196 cm³/mol. The molecule has 47 heavy (non-hydrogen) atoms. The van der Waals surface area contributed by atoms with Crippen molar-refractivity contribution in [1.82, 2.24) is 9.97 Å². The van der Waals surface area contributed by atoms with Crippen LogP contribution in [0.2, 0.25) is 0 Å². The van der Waals surface area contributed by atoms with E-state index in [0.717, 1.165) is 66.1 Å². The predicted octanol–water partition coefficient (Wildman–Crippen LogP) is 12.0. The van der Waals surface area contributed by atoms with E-state index in [9.17, 15) is 0 Å². The SMILES string of the molecule is c1cc(-c2ccc3oc4ccc(-c5cccc6ccccc56)cc4c3c2)cc(-c2cnc3c4ccccc4c4ccccc4c3n2)c1. The minimum absolute atomic E-state index is 0.856. The summed E-state index contributed by atoms with van der Waals surface area (Å²) in [7, 11) is 0. The van der Waals surface area contributed by atoms with Crippen molar-refractivity contribution in [1.29, 1.82) is 0 Å². The largest absolute Gasteiger partial charge is 0.456 e. The first-order valence-electron chi connectivity index (χ1n) is 15.9. The lowest BCUT2D eigenvalue weighted by molar-refractivity contribution is 0.669. The van der Waals surface area contributed by atoms with Gasteiger partial charge in [0.1, 0.15) is 11.2 Å². The van der Waals surface area contributed by atoms with Gasteiger partial charge in [0.25, 0.3) is 0 Å². The van der Waals surface area contributed by atoms with Gasteiger partial charge >= 0.3 is 0 Å². The summed E-state index contributed by atoms with van der Waals surface area (Å²) < 4.78 is 6.30. The van der Waals surface area contributed by atoms with Crippen LogP contribution in [0, 0.1) is 0 Å². The molecular formula is C44H26N2O. The molecule has 0 fully saturated rings. The zero-order chi connectivity index (χ0) is 30.9. The number of nitrogens with zero attached hydrogens (tertiary/aromatic N) is 2. The quantitative estimate of drug-likeness (QED) is 0.190. The molecule has 3 heteroatoms. The monoisotopic (exact) mass is 598 g/mol. The Kier molecular flexibility index (Phi) is 5.57. The first kappa shape index (κ1) is 26.0. The Bertz CT molecular complexity index is 2820. The second kappa shape index (κ2) is 10.1. The fourth-order valence-corrected chi connectivity index (χ4v) is 7.22. The second-order valence-corrected chi connectivity index (χ2v) is 12.2. The average Bonchev–Trinajstić information content (AvgIpc) is 3.52. The third-order valence-corrected chi connectivity index (χ3v) is 9.49. The minimum atomic E-state index is 0.856. The zero-order valence-corrected chi connectivity index (χ0v) is 25.3. The summed E-state index contributed by atoms with van der Waals surface area (Å²) in [5.74, 6) is 0. The van der Waals surface area contributed by atoms with Gasteiger partial charge in [0.2, 0.25) is 0 Å². The molecule has 10 rings (SSSR count). The van der Waals surface area contributed by atoms with Crippen molar-refractivity contribution in [3.05, 3.63) is 158 Å². The summed E-state index contributed by atoms with van der Waals surface area (Å²) in [6.07, 6.45) is 1.91. The number of benzene rings is 8. The third kappa shape index (κ3) is 4.07. The molecule has 8 aromatic carbocycles. The molecule has 0 atom stereocenters. The van der Waals surface area contributed by atoms with E-state index in [1.807, 2.05) is 6.20 Å². The van der Waals surface area contributed by atoms with Gasteiger partial charge in [-0.2, -0.15) is 0 Å². The number of rotatable bonds is 3. The lowest BCUT2D eigenvalue weighted by atomic mass is 9.96. The summed E-state index contributed by atoms with van der Waals surface area (Å²) >= 11 is 0. The molecule has 2 heterocycles. The summed E-state index contributed by atoms with van der Waals surface area (Å²) in [6.45, 7) is 0. The lowest BCUT2D eigenvalue weighted by Gasteiger charge is -2.11. The molecule has 0 N–H and O–H groups in total. The van der Waals surface area contributed by atoms with Gasteiger partial charge in [-0.25, -0.2) is 4.98 Å². The van der Waals surface area contributed by atoms with E-state index in [-0.39, 0.29) is 0 Å². The van der Waals surface area contributed by atoms with Gasteiger partial charge in [-0.05, 0) is 74.1 Å². The molecule has 0 aliphatic heterocycles. The highest BCUT2D eigenvalue weighted by Gasteiger charge is 2.14. The topological polar surface area (TPSA) is 38.9 Å². The van der Waals surface area contributed by atoms with Gasteiger partial charge in [0.15, 0.2) is 0 Å². The molecule has 0 bridgehead atoms. The van der Waals surface area contributed by atoms with E-state index >= 15 is 0 Å². The van der Waals surface area contributed by atoms with Crippen molar-refractivity contribution >= 4 is 65.3 Å². The number of furan rings is 1. The van der Waals surface area contributed by atoms with Gasteiger partial charge in [-0.15, -0.1) is 0 Å². The van der Waals surface area contributed by atoms with Crippen LogP contribution in [0.15, 0.2) is 162 Å². The van der Waals surface area contributed by atoms with Crippen molar-refractivity contribution < 1.29 is 4.42 Å². The van der Waals surface area contributed by atoms with E-state index in [1.54, 1.807) is 0 Å². The molecule has 0 aliphatic rings. The van der Waals surface area contributed by atoms with Crippen molar-refractivity contribution in [2.45, 2.75) is 0 Å². The van der Waals surface area contributed by atoms with E-state index in [1.165, 1.54) is 32.7 Å². The summed E-state index contributed by atoms with van der Waals surface area (Å²) in [5.41, 5.74) is 10.2. The van der Waals surface area contributed by atoms with E-state index in [4.69, 9.17) is 14.4 Å². The molecule has 0 saturated heterocycles. The Morgan fingerprint density at radius 2 is 0.957 bits per heavy atom. The number of hydrogen-bond donors (Lipinski definition) is 0. The maximum Gasteiger partial charge on any atom is 0.135 e. The lowest BCUT2D eigenvalue weighted by Crippen LogP contribution is -1.92. The van der Waals surface area contributed by atoms with E-state index in [0.29, 0.717) is 0 Å². The summed E-state index contributed by atoms with van der Waals surface area (Å²) in [4.78, 5) is 10.2. The van der Waals surface area contributed by atoms with Gasteiger partial charge in [0, 0.05) is 27.1 Å². The van der Waals surface area contributed by atoms with E-state index in [2.05, 4.69) is 152 Å². The number of fused-ring (bicyclic) bond motifs is 10. The van der Waals surface area contributed by atoms with Crippen LogP contribution in [-0.2, 0) is 0 Å². The maximum atomic E-state index is 6.30. The van der Waals surface area contributed by atoms with Crippen LogP contribution in [0.1, 0.15) is 0 Å². The van der Waals surface area contributed by atoms with Crippen LogP contribution in [-0.4, -0.2) is 9.97 Å². The second-order valence-electron chi connectivity index (χ2n) is 12.2. The van der Waals surface area contributed by atoms with Crippen molar-refractivity contribution in [3.8, 4) is 33.5 Å². The van der Waals surface area contributed by atoms with Crippen molar-refractivity contribution in [2.75, 3.05) is 0 Å². The number of aromatic nitrogens is 2. The smallest absolute Gasteiger partial charge is 0.135 e. The molecular weight excluding hydrogens is 572 g/mol.